The Kier molecular flexibility index (Phi) is 5.94. The first-order valence-corrected chi connectivity index (χ1v) is 9.26. The molecular formula is C21H23ClN2O2. The Labute approximate surface area is 159 Å². The quantitative estimate of drug-likeness (QED) is 0.805. The molecule has 0 N–H and O–H groups in total. The Morgan fingerprint density at radius 2 is 1.77 bits per heavy atom. The Hall–Kier alpha value is -2.33. The van der Waals surface area contributed by atoms with E-state index < -0.39 is 0 Å². The molecule has 0 atom stereocenters. The molecule has 2 aromatic rings. The third-order valence-electron chi connectivity index (χ3n) is 4.84. The molecule has 3 rings (SSSR count). The molecule has 1 aliphatic heterocycles. The number of benzene rings is 2. The Morgan fingerprint density at radius 3 is 2.50 bits per heavy atom. The van der Waals surface area contributed by atoms with Gasteiger partial charge in [0.25, 0.3) is 0 Å². The van der Waals surface area contributed by atoms with Gasteiger partial charge in [-0.1, -0.05) is 54.1 Å². The zero-order chi connectivity index (χ0) is 18.5. The molecule has 0 saturated heterocycles. The summed E-state index contributed by atoms with van der Waals surface area (Å²) < 4.78 is 0. The SMILES string of the molecule is CC(=O)N(CCC(=O)N1CCc2ccccc2C1)Cc1ccccc1Cl. The second-order valence-corrected chi connectivity index (χ2v) is 7.02. The maximum absolute atomic E-state index is 12.6. The van der Waals surface area contributed by atoms with Gasteiger partial charge in [-0.05, 0) is 29.2 Å². The highest BCUT2D eigenvalue weighted by Gasteiger charge is 2.21. The number of rotatable bonds is 5. The fraction of sp³-hybridized carbons (Fsp3) is 0.333. The van der Waals surface area contributed by atoms with E-state index in [0.29, 0.717) is 31.1 Å². The fourth-order valence-corrected chi connectivity index (χ4v) is 3.47. The van der Waals surface area contributed by atoms with E-state index in [1.165, 1.54) is 18.1 Å². The van der Waals surface area contributed by atoms with Crippen LogP contribution in [-0.2, 0) is 29.1 Å². The molecule has 0 fully saturated rings. The van der Waals surface area contributed by atoms with Crippen LogP contribution >= 0.6 is 11.6 Å². The molecule has 5 heteroatoms. The summed E-state index contributed by atoms with van der Waals surface area (Å²) in [6.07, 6.45) is 1.21. The molecular weight excluding hydrogens is 348 g/mol. The van der Waals surface area contributed by atoms with E-state index >= 15 is 0 Å². The van der Waals surface area contributed by atoms with E-state index in [4.69, 9.17) is 11.6 Å². The molecule has 0 unspecified atom stereocenters. The van der Waals surface area contributed by atoms with Gasteiger partial charge in [-0.3, -0.25) is 9.59 Å². The van der Waals surface area contributed by atoms with E-state index in [0.717, 1.165) is 18.5 Å². The number of fused-ring (bicyclic) bond motifs is 1. The van der Waals surface area contributed by atoms with Crippen molar-refractivity contribution in [1.82, 2.24) is 9.80 Å². The van der Waals surface area contributed by atoms with Crippen molar-refractivity contribution in [3.63, 3.8) is 0 Å². The van der Waals surface area contributed by atoms with Crippen LogP contribution in [0.2, 0.25) is 5.02 Å². The number of nitrogens with zero attached hydrogens (tertiary/aromatic N) is 2. The Morgan fingerprint density at radius 1 is 1.08 bits per heavy atom. The lowest BCUT2D eigenvalue weighted by molar-refractivity contribution is -0.134. The molecule has 2 amide bonds. The van der Waals surface area contributed by atoms with Crippen LogP contribution < -0.4 is 0 Å². The van der Waals surface area contributed by atoms with Crippen LogP contribution in [0.15, 0.2) is 48.5 Å². The summed E-state index contributed by atoms with van der Waals surface area (Å²) >= 11 is 6.19. The van der Waals surface area contributed by atoms with Crippen LogP contribution in [0.25, 0.3) is 0 Å². The summed E-state index contributed by atoms with van der Waals surface area (Å²) in [5.41, 5.74) is 3.43. The third kappa shape index (κ3) is 4.44. The van der Waals surface area contributed by atoms with Gasteiger partial charge in [0.15, 0.2) is 0 Å². The van der Waals surface area contributed by atoms with Gasteiger partial charge in [-0.15, -0.1) is 0 Å². The second kappa shape index (κ2) is 8.37. The van der Waals surface area contributed by atoms with Crippen molar-refractivity contribution in [3.05, 3.63) is 70.2 Å². The van der Waals surface area contributed by atoms with Crippen molar-refractivity contribution in [2.45, 2.75) is 32.9 Å². The van der Waals surface area contributed by atoms with E-state index in [2.05, 4.69) is 12.1 Å². The maximum Gasteiger partial charge on any atom is 0.224 e. The molecule has 0 saturated carbocycles. The molecule has 4 nitrogen and oxygen atoms in total. The van der Waals surface area contributed by atoms with Crippen LogP contribution in [0.3, 0.4) is 0 Å². The monoisotopic (exact) mass is 370 g/mol. The van der Waals surface area contributed by atoms with Gasteiger partial charge < -0.3 is 9.80 Å². The predicted molar refractivity (Wildman–Crippen MR) is 103 cm³/mol. The van der Waals surface area contributed by atoms with E-state index in [-0.39, 0.29) is 11.8 Å². The number of hydrogen-bond acceptors (Lipinski definition) is 2. The van der Waals surface area contributed by atoms with Crippen LogP contribution in [0, 0.1) is 0 Å². The smallest absolute Gasteiger partial charge is 0.224 e. The molecule has 136 valence electrons. The minimum atomic E-state index is -0.0540. The zero-order valence-corrected chi connectivity index (χ0v) is 15.7. The highest BCUT2D eigenvalue weighted by Crippen LogP contribution is 2.20. The first kappa shape index (κ1) is 18.5. The van der Waals surface area contributed by atoms with Crippen molar-refractivity contribution in [3.8, 4) is 0 Å². The summed E-state index contributed by atoms with van der Waals surface area (Å²) in [7, 11) is 0. The standard InChI is InChI=1S/C21H23ClN2O2/c1-16(25)23(15-19-8-4-5-9-20(19)22)13-11-21(26)24-12-10-17-6-2-3-7-18(17)14-24/h2-9H,10-15H2,1H3. The van der Waals surface area contributed by atoms with Crippen molar-refractivity contribution < 1.29 is 9.59 Å². The topological polar surface area (TPSA) is 40.6 Å². The first-order chi connectivity index (χ1) is 12.5. The molecule has 0 aliphatic carbocycles. The molecule has 1 heterocycles. The predicted octanol–water partition coefficient (Wildman–Crippen LogP) is 3.66. The van der Waals surface area contributed by atoms with Gasteiger partial charge in [-0.25, -0.2) is 0 Å². The summed E-state index contributed by atoms with van der Waals surface area (Å²) in [5.74, 6) is 0.0339. The van der Waals surface area contributed by atoms with E-state index in [1.807, 2.05) is 41.3 Å². The highest BCUT2D eigenvalue weighted by atomic mass is 35.5. The molecule has 0 radical (unpaired) electrons. The van der Waals surface area contributed by atoms with Crippen molar-refractivity contribution >= 4 is 23.4 Å². The molecule has 0 aromatic heterocycles. The number of carbonyl (C=O) groups excluding carboxylic acids is 2. The van der Waals surface area contributed by atoms with Crippen molar-refractivity contribution in [2.75, 3.05) is 13.1 Å². The fourth-order valence-electron chi connectivity index (χ4n) is 3.28. The molecule has 1 aliphatic rings. The Bertz CT molecular complexity index is 806. The number of amides is 2. The van der Waals surface area contributed by atoms with Gasteiger partial charge >= 0.3 is 0 Å². The first-order valence-electron chi connectivity index (χ1n) is 8.88. The molecule has 0 bridgehead atoms. The highest BCUT2D eigenvalue weighted by molar-refractivity contribution is 6.31. The van der Waals surface area contributed by atoms with Crippen LogP contribution in [0.1, 0.15) is 30.0 Å². The second-order valence-electron chi connectivity index (χ2n) is 6.62. The minimum Gasteiger partial charge on any atom is -0.338 e. The molecule has 26 heavy (non-hydrogen) atoms. The third-order valence-corrected chi connectivity index (χ3v) is 5.21. The van der Waals surface area contributed by atoms with Gasteiger partial charge in [0.1, 0.15) is 0 Å². The molecule has 2 aromatic carbocycles. The number of carbonyl (C=O) groups is 2. The lowest BCUT2D eigenvalue weighted by Crippen LogP contribution is -2.38. The van der Waals surface area contributed by atoms with Crippen molar-refractivity contribution in [2.24, 2.45) is 0 Å². The van der Waals surface area contributed by atoms with E-state index in [1.54, 1.807) is 4.90 Å². The zero-order valence-electron chi connectivity index (χ0n) is 15.0. The van der Waals surface area contributed by atoms with Crippen molar-refractivity contribution in [1.29, 1.82) is 0 Å². The van der Waals surface area contributed by atoms with Gasteiger partial charge in [0.2, 0.25) is 11.8 Å². The van der Waals surface area contributed by atoms with Gasteiger partial charge in [-0.2, -0.15) is 0 Å². The Balaban J connectivity index is 1.58. The summed E-state index contributed by atoms with van der Waals surface area (Å²) in [6.45, 7) is 3.74. The van der Waals surface area contributed by atoms with Gasteiger partial charge in [0, 0.05) is 44.5 Å². The average Bonchev–Trinajstić information content (AvgIpc) is 2.65. The molecule has 0 spiro atoms. The lowest BCUT2D eigenvalue weighted by atomic mass is 10.00. The normalized spacial score (nSPS) is 13.2. The largest absolute Gasteiger partial charge is 0.338 e. The number of hydrogen-bond donors (Lipinski definition) is 0. The summed E-state index contributed by atoms with van der Waals surface area (Å²) in [4.78, 5) is 28.1. The average molecular weight is 371 g/mol. The number of halogens is 1. The maximum atomic E-state index is 12.6. The minimum absolute atomic E-state index is 0.0540. The summed E-state index contributed by atoms with van der Waals surface area (Å²) in [6, 6.07) is 15.7. The van der Waals surface area contributed by atoms with Gasteiger partial charge in [0.05, 0.1) is 0 Å². The lowest BCUT2D eigenvalue weighted by Gasteiger charge is -2.30. The van der Waals surface area contributed by atoms with Crippen LogP contribution in [0.5, 0.6) is 0 Å². The van der Waals surface area contributed by atoms with E-state index in [9.17, 15) is 9.59 Å². The van der Waals surface area contributed by atoms with Crippen LogP contribution in [0.4, 0.5) is 0 Å². The van der Waals surface area contributed by atoms with Crippen LogP contribution in [-0.4, -0.2) is 34.7 Å². The summed E-state index contributed by atoms with van der Waals surface area (Å²) in [5, 5.41) is 0.637.